The molecule has 0 bridgehead atoms. The molecule has 1 N–H and O–H groups in total. The Morgan fingerprint density at radius 2 is 2.07 bits per heavy atom. The molecule has 0 atom stereocenters. The molecule has 1 aliphatic carbocycles. The fourth-order valence-corrected chi connectivity index (χ4v) is 2.33. The first kappa shape index (κ1) is 12.7. The maximum absolute atomic E-state index is 10.1. The van der Waals surface area contributed by atoms with Gasteiger partial charge < -0.3 is 15.0 Å². The van der Waals surface area contributed by atoms with E-state index in [2.05, 4.69) is 17.3 Å². The van der Waals surface area contributed by atoms with Gasteiger partial charge in [-0.05, 0) is 25.8 Å². The standard InChI is InChI=1S/C12H24N2O/c1-14(9-7-13-8-10-15)11-12-5-3-2-4-6-12/h10,12-13H,2-9,11H2,1H3. The molecule has 0 spiro atoms. The molecule has 1 saturated carbocycles. The molecule has 3 heteroatoms. The summed E-state index contributed by atoms with van der Waals surface area (Å²) in [5.74, 6) is 0.912. The molecule has 0 radical (unpaired) electrons. The molecule has 15 heavy (non-hydrogen) atoms. The van der Waals surface area contributed by atoms with E-state index in [0.717, 1.165) is 25.3 Å². The molecule has 88 valence electrons. The zero-order chi connectivity index (χ0) is 10.9. The molecule has 1 fully saturated rings. The highest BCUT2D eigenvalue weighted by molar-refractivity contribution is 5.51. The first-order chi connectivity index (χ1) is 7.33. The second kappa shape index (κ2) is 7.83. The van der Waals surface area contributed by atoms with E-state index in [1.165, 1.54) is 38.6 Å². The van der Waals surface area contributed by atoms with Gasteiger partial charge in [-0.2, -0.15) is 0 Å². The summed E-state index contributed by atoms with van der Waals surface area (Å²) >= 11 is 0. The van der Waals surface area contributed by atoms with Gasteiger partial charge in [0, 0.05) is 19.6 Å². The molecular weight excluding hydrogens is 188 g/mol. The van der Waals surface area contributed by atoms with E-state index in [-0.39, 0.29) is 0 Å². The minimum Gasteiger partial charge on any atom is -0.309 e. The summed E-state index contributed by atoms with van der Waals surface area (Å²) in [5, 5.41) is 3.09. The molecule has 3 nitrogen and oxygen atoms in total. The molecule has 0 aromatic carbocycles. The maximum Gasteiger partial charge on any atom is 0.133 e. The molecule has 0 heterocycles. The van der Waals surface area contributed by atoms with Gasteiger partial charge in [0.15, 0.2) is 0 Å². The smallest absolute Gasteiger partial charge is 0.133 e. The highest BCUT2D eigenvalue weighted by atomic mass is 16.1. The largest absolute Gasteiger partial charge is 0.309 e. The Kier molecular flexibility index (Phi) is 6.60. The third-order valence-corrected chi connectivity index (χ3v) is 3.19. The molecule has 0 unspecified atom stereocenters. The summed E-state index contributed by atoms with van der Waals surface area (Å²) in [6, 6.07) is 0. The molecule has 1 rings (SSSR count). The number of nitrogens with zero attached hydrogens (tertiary/aromatic N) is 1. The van der Waals surface area contributed by atoms with Gasteiger partial charge in [-0.15, -0.1) is 0 Å². The maximum atomic E-state index is 10.1. The van der Waals surface area contributed by atoms with Crippen molar-refractivity contribution >= 4 is 6.29 Å². The Bertz CT molecular complexity index is 167. The van der Waals surface area contributed by atoms with E-state index in [9.17, 15) is 4.79 Å². The lowest BCUT2D eigenvalue weighted by atomic mass is 9.89. The predicted molar refractivity (Wildman–Crippen MR) is 63.0 cm³/mol. The van der Waals surface area contributed by atoms with Gasteiger partial charge in [-0.3, -0.25) is 0 Å². The number of aldehydes is 1. The van der Waals surface area contributed by atoms with Gasteiger partial charge in [0.25, 0.3) is 0 Å². The van der Waals surface area contributed by atoms with Gasteiger partial charge >= 0.3 is 0 Å². The lowest BCUT2D eigenvalue weighted by Gasteiger charge is -2.26. The molecule has 0 aliphatic heterocycles. The van der Waals surface area contributed by atoms with Crippen LogP contribution in [0, 0.1) is 5.92 Å². The van der Waals surface area contributed by atoms with Crippen LogP contribution in [0.1, 0.15) is 32.1 Å². The average molecular weight is 212 g/mol. The van der Waals surface area contributed by atoms with Crippen molar-refractivity contribution in [2.45, 2.75) is 32.1 Å². The second-order valence-corrected chi connectivity index (χ2v) is 4.64. The van der Waals surface area contributed by atoms with Crippen LogP contribution in [0.4, 0.5) is 0 Å². The average Bonchev–Trinajstić information content (AvgIpc) is 2.26. The summed E-state index contributed by atoms with van der Waals surface area (Å²) < 4.78 is 0. The fourth-order valence-electron chi connectivity index (χ4n) is 2.33. The highest BCUT2D eigenvalue weighted by Gasteiger charge is 2.14. The van der Waals surface area contributed by atoms with Crippen LogP contribution >= 0.6 is 0 Å². The van der Waals surface area contributed by atoms with E-state index in [4.69, 9.17) is 0 Å². The quantitative estimate of drug-likeness (QED) is 0.510. The summed E-state index contributed by atoms with van der Waals surface area (Å²) in [7, 11) is 2.18. The van der Waals surface area contributed by atoms with Crippen molar-refractivity contribution < 1.29 is 4.79 Å². The van der Waals surface area contributed by atoms with Crippen molar-refractivity contribution in [3.05, 3.63) is 0 Å². The first-order valence-electron chi connectivity index (χ1n) is 6.16. The van der Waals surface area contributed by atoms with Crippen LogP contribution in [0.2, 0.25) is 0 Å². The van der Waals surface area contributed by atoms with Crippen molar-refractivity contribution in [1.82, 2.24) is 10.2 Å². The third kappa shape index (κ3) is 5.90. The molecule has 0 amide bonds. The van der Waals surface area contributed by atoms with Gasteiger partial charge in [0.2, 0.25) is 0 Å². The van der Waals surface area contributed by atoms with Crippen molar-refractivity contribution in [3.63, 3.8) is 0 Å². The van der Waals surface area contributed by atoms with Gasteiger partial charge in [-0.1, -0.05) is 19.3 Å². The summed E-state index contributed by atoms with van der Waals surface area (Å²) in [4.78, 5) is 12.5. The van der Waals surface area contributed by atoms with Gasteiger partial charge in [-0.25, -0.2) is 0 Å². The molecule has 0 aromatic rings. The lowest BCUT2D eigenvalue weighted by molar-refractivity contribution is -0.107. The van der Waals surface area contributed by atoms with Crippen molar-refractivity contribution in [2.24, 2.45) is 5.92 Å². The number of hydrogen-bond acceptors (Lipinski definition) is 3. The summed E-state index contributed by atoms with van der Waals surface area (Å²) in [5.41, 5.74) is 0. The molecule has 1 aliphatic rings. The SMILES string of the molecule is CN(CCNCC=O)CC1CCCCC1. The van der Waals surface area contributed by atoms with Crippen LogP contribution < -0.4 is 5.32 Å². The lowest BCUT2D eigenvalue weighted by Crippen LogP contribution is -2.33. The molecule has 0 aromatic heterocycles. The van der Waals surface area contributed by atoms with Crippen molar-refractivity contribution in [1.29, 1.82) is 0 Å². The summed E-state index contributed by atoms with van der Waals surface area (Å²) in [6.45, 7) is 3.67. The van der Waals surface area contributed by atoms with Gasteiger partial charge in [0.1, 0.15) is 6.29 Å². The Balaban J connectivity index is 2.01. The van der Waals surface area contributed by atoms with Crippen molar-refractivity contribution in [2.75, 3.05) is 33.2 Å². The van der Waals surface area contributed by atoms with E-state index < -0.39 is 0 Å². The minimum atomic E-state index is 0.483. The fraction of sp³-hybridized carbons (Fsp3) is 0.917. The van der Waals surface area contributed by atoms with E-state index in [1.54, 1.807) is 0 Å². The van der Waals surface area contributed by atoms with E-state index >= 15 is 0 Å². The topological polar surface area (TPSA) is 32.3 Å². The van der Waals surface area contributed by atoms with Gasteiger partial charge in [0.05, 0.1) is 6.54 Å². The number of nitrogens with one attached hydrogen (secondary N) is 1. The Labute approximate surface area is 93.2 Å². The Morgan fingerprint density at radius 3 is 2.73 bits per heavy atom. The number of hydrogen-bond donors (Lipinski definition) is 1. The van der Waals surface area contributed by atoms with Crippen LogP contribution in [0.5, 0.6) is 0 Å². The Hall–Kier alpha value is -0.410. The first-order valence-corrected chi connectivity index (χ1v) is 6.16. The van der Waals surface area contributed by atoms with E-state index in [1.807, 2.05) is 0 Å². The van der Waals surface area contributed by atoms with E-state index in [0.29, 0.717) is 6.54 Å². The van der Waals surface area contributed by atoms with Crippen LogP contribution in [0.15, 0.2) is 0 Å². The molecular formula is C12H24N2O. The van der Waals surface area contributed by atoms with Crippen molar-refractivity contribution in [3.8, 4) is 0 Å². The van der Waals surface area contributed by atoms with Crippen LogP contribution in [-0.2, 0) is 4.79 Å². The van der Waals surface area contributed by atoms with Crippen LogP contribution in [0.3, 0.4) is 0 Å². The predicted octanol–water partition coefficient (Wildman–Crippen LogP) is 1.29. The number of rotatable bonds is 7. The second-order valence-electron chi connectivity index (χ2n) is 4.64. The summed E-state index contributed by atoms with van der Waals surface area (Å²) in [6.07, 6.45) is 8.00. The normalized spacial score (nSPS) is 18.3. The third-order valence-electron chi connectivity index (χ3n) is 3.19. The number of carbonyl (C=O) groups is 1. The minimum absolute atomic E-state index is 0.483. The zero-order valence-electron chi connectivity index (χ0n) is 9.87. The van der Waals surface area contributed by atoms with Crippen LogP contribution in [-0.4, -0.2) is 44.4 Å². The van der Waals surface area contributed by atoms with Crippen LogP contribution in [0.25, 0.3) is 0 Å². The number of carbonyl (C=O) groups excluding carboxylic acids is 1. The zero-order valence-corrected chi connectivity index (χ0v) is 9.87. The molecule has 0 saturated heterocycles. The Morgan fingerprint density at radius 1 is 1.33 bits per heavy atom. The number of likely N-dealkylation sites (N-methyl/N-ethyl adjacent to an activating group) is 1. The highest BCUT2D eigenvalue weighted by Crippen LogP contribution is 2.23. The monoisotopic (exact) mass is 212 g/mol.